The first kappa shape index (κ1) is 13.5. The average Bonchev–Trinajstić information content (AvgIpc) is 2.29. The standard InChI is InChI=1S/C13H19NO3/c1-3-10(2)14(9-13(16)17)8-11-4-6-12(15)7-5-11/h4-7,10,15H,3,8-9H2,1-2H3,(H,16,17). The normalized spacial score (nSPS) is 12.6. The van der Waals surface area contributed by atoms with Crippen molar-refractivity contribution in [2.75, 3.05) is 6.54 Å². The summed E-state index contributed by atoms with van der Waals surface area (Å²) in [6.45, 7) is 4.68. The molecular formula is C13H19NO3. The van der Waals surface area contributed by atoms with Crippen molar-refractivity contribution in [1.82, 2.24) is 4.90 Å². The largest absolute Gasteiger partial charge is 0.508 e. The smallest absolute Gasteiger partial charge is 0.317 e. The van der Waals surface area contributed by atoms with Crippen LogP contribution in [0, 0.1) is 0 Å². The molecule has 4 nitrogen and oxygen atoms in total. The first-order valence-electron chi connectivity index (χ1n) is 5.76. The van der Waals surface area contributed by atoms with Gasteiger partial charge in [0.1, 0.15) is 5.75 Å². The van der Waals surface area contributed by atoms with Gasteiger partial charge < -0.3 is 10.2 Å². The van der Waals surface area contributed by atoms with Gasteiger partial charge in [0.05, 0.1) is 6.54 Å². The molecule has 0 aliphatic carbocycles. The third-order valence-electron chi connectivity index (χ3n) is 2.87. The molecule has 1 rings (SSSR count). The van der Waals surface area contributed by atoms with E-state index < -0.39 is 5.97 Å². The molecular weight excluding hydrogens is 218 g/mol. The van der Waals surface area contributed by atoms with Crippen molar-refractivity contribution >= 4 is 5.97 Å². The van der Waals surface area contributed by atoms with Crippen LogP contribution in [0.5, 0.6) is 5.75 Å². The van der Waals surface area contributed by atoms with E-state index in [1.807, 2.05) is 30.9 Å². The Morgan fingerprint density at radius 1 is 1.35 bits per heavy atom. The highest BCUT2D eigenvalue weighted by Gasteiger charge is 2.15. The summed E-state index contributed by atoms with van der Waals surface area (Å²) in [4.78, 5) is 12.7. The molecule has 17 heavy (non-hydrogen) atoms. The Kier molecular flexibility index (Phi) is 4.97. The Balaban J connectivity index is 2.71. The highest BCUT2D eigenvalue weighted by atomic mass is 16.4. The molecule has 0 heterocycles. The predicted molar refractivity (Wildman–Crippen MR) is 65.9 cm³/mol. The Labute approximate surface area is 101 Å². The molecule has 0 aliphatic heterocycles. The lowest BCUT2D eigenvalue weighted by molar-refractivity contribution is -0.139. The summed E-state index contributed by atoms with van der Waals surface area (Å²) in [7, 11) is 0. The van der Waals surface area contributed by atoms with Crippen molar-refractivity contribution in [3.63, 3.8) is 0 Å². The second-order valence-corrected chi connectivity index (χ2v) is 4.22. The molecule has 4 heteroatoms. The number of hydrogen-bond acceptors (Lipinski definition) is 3. The molecule has 94 valence electrons. The zero-order valence-corrected chi connectivity index (χ0v) is 10.3. The predicted octanol–water partition coefficient (Wildman–Crippen LogP) is 2.08. The Hall–Kier alpha value is -1.55. The lowest BCUT2D eigenvalue weighted by Gasteiger charge is -2.26. The van der Waals surface area contributed by atoms with Crippen LogP contribution in [-0.2, 0) is 11.3 Å². The van der Waals surface area contributed by atoms with Crippen LogP contribution in [0.1, 0.15) is 25.8 Å². The highest BCUT2D eigenvalue weighted by molar-refractivity contribution is 5.69. The number of carboxylic acid groups (broad SMARTS) is 1. The van der Waals surface area contributed by atoms with Gasteiger partial charge in [0.15, 0.2) is 0 Å². The third-order valence-corrected chi connectivity index (χ3v) is 2.87. The van der Waals surface area contributed by atoms with Crippen molar-refractivity contribution in [3.05, 3.63) is 29.8 Å². The van der Waals surface area contributed by atoms with Gasteiger partial charge in [-0.1, -0.05) is 19.1 Å². The fourth-order valence-corrected chi connectivity index (χ4v) is 1.64. The molecule has 0 amide bonds. The quantitative estimate of drug-likeness (QED) is 0.795. The molecule has 1 aromatic rings. The van der Waals surface area contributed by atoms with Crippen molar-refractivity contribution in [1.29, 1.82) is 0 Å². The molecule has 1 unspecified atom stereocenters. The molecule has 1 aromatic carbocycles. The summed E-state index contributed by atoms with van der Waals surface area (Å²) in [5, 5.41) is 18.1. The molecule has 0 radical (unpaired) electrons. The van der Waals surface area contributed by atoms with Crippen LogP contribution in [-0.4, -0.2) is 33.7 Å². The SMILES string of the molecule is CCC(C)N(CC(=O)O)Cc1ccc(O)cc1. The van der Waals surface area contributed by atoms with Crippen LogP contribution in [0.15, 0.2) is 24.3 Å². The number of phenolic OH excluding ortho intramolecular Hbond substituents is 1. The highest BCUT2D eigenvalue weighted by Crippen LogP contribution is 2.14. The number of rotatable bonds is 6. The third kappa shape index (κ3) is 4.44. The molecule has 0 aromatic heterocycles. The molecule has 0 bridgehead atoms. The van der Waals surface area contributed by atoms with Crippen LogP contribution in [0.25, 0.3) is 0 Å². The fraction of sp³-hybridized carbons (Fsp3) is 0.462. The zero-order valence-electron chi connectivity index (χ0n) is 10.3. The van der Waals surface area contributed by atoms with Crippen LogP contribution < -0.4 is 0 Å². The molecule has 0 spiro atoms. The maximum atomic E-state index is 10.8. The summed E-state index contributed by atoms with van der Waals surface area (Å²) in [6, 6.07) is 7.08. The van der Waals surface area contributed by atoms with Crippen molar-refractivity contribution in [3.8, 4) is 5.75 Å². The van der Waals surface area contributed by atoms with E-state index in [1.54, 1.807) is 12.1 Å². The van der Waals surface area contributed by atoms with Crippen LogP contribution in [0.2, 0.25) is 0 Å². The molecule has 0 aliphatic rings. The van der Waals surface area contributed by atoms with Gasteiger partial charge in [-0.05, 0) is 31.0 Å². The van der Waals surface area contributed by atoms with Crippen LogP contribution in [0.3, 0.4) is 0 Å². The Morgan fingerprint density at radius 2 is 1.94 bits per heavy atom. The topological polar surface area (TPSA) is 60.8 Å². The van der Waals surface area contributed by atoms with Gasteiger partial charge in [0.2, 0.25) is 0 Å². The van der Waals surface area contributed by atoms with E-state index in [9.17, 15) is 9.90 Å². The minimum atomic E-state index is -0.816. The summed E-state index contributed by atoms with van der Waals surface area (Å²) in [6.07, 6.45) is 0.908. The summed E-state index contributed by atoms with van der Waals surface area (Å²) >= 11 is 0. The van der Waals surface area contributed by atoms with Gasteiger partial charge in [0.25, 0.3) is 0 Å². The van der Waals surface area contributed by atoms with E-state index in [0.29, 0.717) is 6.54 Å². The minimum absolute atomic E-state index is 0.0376. The van der Waals surface area contributed by atoms with Gasteiger partial charge in [0, 0.05) is 12.6 Å². The minimum Gasteiger partial charge on any atom is -0.508 e. The van der Waals surface area contributed by atoms with E-state index >= 15 is 0 Å². The van der Waals surface area contributed by atoms with Gasteiger partial charge in [-0.25, -0.2) is 0 Å². The van der Waals surface area contributed by atoms with Crippen LogP contribution >= 0.6 is 0 Å². The monoisotopic (exact) mass is 237 g/mol. The molecule has 2 N–H and O–H groups in total. The Morgan fingerprint density at radius 3 is 2.41 bits per heavy atom. The Bertz CT molecular complexity index is 361. The van der Waals surface area contributed by atoms with E-state index in [-0.39, 0.29) is 18.3 Å². The lowest BCUT2D eigenvalue weighted by Crippen LogP contribution is -2.36. The van der Waals surface area contributed by atoms with Crippen molar-refractivity contribution < 1.29 is 15.0 Å². The van der Waals surface area contributed by atoms with Gasteiger partial charge in [-0.15, -0.1) is 0 Å². The van der Waals surface area contributed by atoms with E-state index in [1.165, 1.54) is 0 Å². The molecule has 1 atom stereocenters. The number of hydrogen-bond donors (Lipinski definition) is 2. The van der Waals surface area contributed by atoms with Crippen LogP contribution in [0.4, 0.5) is 0 Å². The lowest BCUT2D eigenvalue weighted by atomic mass is 10.1. The fourth-order valence-electron chi connectivity index (χ4n) is 1.64. The second kappa shape index (κ2) is 6.25. The summed E-state index contributed by atoms with van der Waals surface area (Å²) in [5.74, 6) is -0.592. The maximum absolute atomic E-state index is 10.8. The number of carboxylic acids is 1. The molecule has 0 saturated carbocycles. The number of benzene rings is 1. The van der Waals surface area contributed by atoms with Crippen molar-refractivity contribution in [2.45, 2.75) is 32.9 Å². The first-order valence-corrected chi connectivity index (χ1v) is 5.76. The number of aliphatic carboxylic acids is 1. The first-order chi connectivity index (χ1) is 8.02. The number of nitrogens with zero attached hydrogens (tertiary/aromatic N) is 1. The van der Waals surface area contributed by atoms with Gasteiger partial charge in [-0.2, -0.15) is 0 Å². The molecule has 0 fully saturated rings. The van der Waals surface area contributed by atoms with E-state index in [4.69, 9.17) is 5.11 Å². The summed E-state index contributed by atoms with van der Waals surface area (Å²) in [5.41, 5.74) is 1.00. The molecule has 0 saturated heterocycles. The van der Waals surface area contributed by atoms with E-state index in [2.05, 4.69) is 0 Å². The summed E-state index contributed by atoms with van der Waals surface area (Å²) < 4.78 is 0. The van der Waals surface area contributed by atoms with Gasteiger partial charge >= 0.3 is 5.97 Å². The number of aromatic hydroxyl groups is 1. The maximum Gasteiger partial charge on any atom is 0.317 e. The number of carbonyl (C=O) groups is 1. The average molecular weight is 237 g/mol. The second-order valence-electron chi connectivity index (χ2n) is 4.22. The zero-order chi connectivity index (χ0) is 12.8. The van der Waals surface area contributed by atoms with Crippen molar-refractivity contribution in [2.24, 2.45) is 0 Å². The number of phenols is 1. The van der Waals surface area contributed by atoms with E-state index in [0.717, 1.165) is 12.0 Å². The van der Waals surface area contributed by atoms with Gasteiger partial charge in [-0.3, -0.25) is 9.69 Å².